The summed E-state index contributed by atoms with van der Waals surface area (Å²) in [4.78, 5) is 2.64. The van der Waals surface area contributed by atoms with Gasteiger partial charge < -0.3 is 5.73 Å². The molecule has 0 saturated heterocycles. The molecule has 0 aliphatic heterocycles. The van der Waals surface area contributed by atoms with Gasteiger partial charge in [-0.3, -0.25) is 9.58 Å². The number of hydrogen-bond donors (Lipinski definition) is 1. The van der Waals surface area contributed by atoms with Crippen LogP contribution in [0.1, 0.15) is 64.3 Å². The van der Waals surface area contributed by atoms with Crippen molar-refractivity contribution in [2.45, 2.75) is 77.9 Å². The first-order chi connectivity index (χ1) is 10.2. The fourth-order valence-electron chi connectivity index (χ4n) is 3.72. The maximum atomic E-state index is 6.19. The van der Waals surface area contributed by atoms with Gasteiger partial charge in [-0.1, -0.05) is 26.7 Å². The van der Waals surface area contributed by atoms with Crippen molar-refractivity contribution >= 4 is 0 Å². The summed E-state index contributed by atoms with van der Waals surface area (Å²) in [6, 6.07) is 2.28. The van der Waals surface area contributed by atoms with Gasteiger partial charge in [-0.15, -0.1) is 0 Å². The predicted octanol–water partition coefficient (Wildman–Crippen LogP) is 2.95. The van der Waals surface area contributed by atoms with Crippen LogP contribution in [-0.4, -0.2) is 33.3 Å². The zero-order valence-corrected chi connectivity index (χ0v) is 14.1. The maximum absolute atomic E-state index is 6.19. The van der Waals surface area contributed by atoms with Crippen LogP contribution in [0.25, 0.3) is 0 Å². The van der Waals surface area contributed by atoms with Gasteiger partial charge in [0.15, 0.2) is 0 Å². The lowest BCUT2D eigenvalue weighted by Gasteiger charge is -2.40. The Balaban J connectivity index is 2.21. The van der Waals surface area contributed by atoms with E-state index in [0.717, 1.165) is 32.6 Å². The molecule has 4 nitrogen and oxygen atoms in total. The molecule has 0 unspecified atom stereocenters. The first-order valence-corrected chi connectivity index (χ1v) is 8.69. The maximum Gasteiger partial charge on any atom is 0.0625 e. The SMILES string of the molecule is CCCN(Cc1cc(CC)nn1CC)C1(CN)CCCC1. The summed E-state index contributed by atoms with van der Waals surface area (Å²) in [5.41, 5.74) is 8.97. The van der Waals surface area contributed by atoms with Crippen LogP contribution in [0, 0.1) is 0 Å². The summed E-state index contributed by atoms with van der Waals surface area (Å²) in [6.45, 7) is 10.5. The van der Waals surface area contributed by atoms with Crippen LogP contribution >= 0.6 is 0 Å². The van der Waals surface area contributed by atoms with Crippen molar-refractivity contribution in [3.63, 3.8) is 0 Å². The summed E-state index contributed by atoms with van der Waals surface area (Å²) in [5, 5.41) is 4.69. The fourth-order valence-corrected chi connectivity index (χ4v) is 3.72. The summed E-state index contributed by atoms with van der Waals surface area (Å²) in [6.07, 6.45) is 7.35. The summed E-state index contributed by atoms with van der Waals surface area (Å²) < 4.78 is 2.17. The van der Waals surface area contributed by atoms with Crippen molar-refractivity contribution in [1.82, 2.24) is 14.7 Å². The molecule has 1 aromatic heterocycles. The van der Waals surface area contributed by atoms with Crippen molar-refractivity contribution in [3.05, 3.63) is 17.5 Å². The normalized spacial score (nSPS) is 17.8. The number of nitrogens with zero attached hydrogens (tertiary/aromatic N) is 3. The van der Waals surface area contributed by atoms with Crippen LogP contribution in [0.3, 0.4) is 0 Å². The van der Waals surface area contributed by atoms with Gasteiger partial charge in [0.25, 0.3) is 0 Å². The van der Waals surface area contributed by atoms with E-state index in [-0.39, 0.29) is 5.54 Å². The van der Waals surface area contributed by atoms with Crippen molar-refractivity contribution in [1.29, 1.82) is 0 Å². The van der Waals surface area contributed by atoms with Crippen molar-refractivity contribution in [2.75, 3.05) is 13.1 Å². The monoisotopic (exact) mass is 292 g/mol. The van der Waals surface area contributed by atoms with E-state index in [9.17, 15) is 0 Å². The molecule has 4 heteroatoms. The highest BCUT2D eigenvalue weighted by atomic mass is 15.3. The molecule has 2 rings (SSSR count). The lowest BCUT2D eigenvalue weighted by Crippen LogP contribution is -2.52. The molecule has 0 aromatic carbocycles. The lowest BCUT2D eigenvalue weighted by molar-refractivity contribution is 0.0873. The summed E-state index contributed by atoms with van der Waals surface area (Å²) >= 11 is 0. The number of rotatable bonds is 8. The third kappa shape index (κ3) is 3.49. The van der Waals surface area contributed by atoms with Gasteiger partial charge in [0.2, 0.25) is 0 Å². The molecule has 120 valence electrons. The van der Waals surface area contributed by atoms with E-state index in [4.69, 9.17) is 10.8 Å². The highest BCUT2D eigenvalue weighted by Crippen LogP contribution is 2.35. The fraction of sp³-hybridized carbons (Fsp3) is 0.824. The van der Waals surface area contributed by atoms with Gasteiger partial charge in [0.05, 0.1) is 11.4 Å². The molecule has 0 amide bonds. The molecular weight excluding hydrogens is 260 g/mol. The molecule has 2 N–H and O–H groups in total. The highest BCUT2D eigenvalue weighted by Gasteiger charge is 2.38. The smallest absolute Gasteiger partial charge is 0.0625 e. The van der Waals surface area contributed by atoms with Gasteiger partial charge in [0.1, 0.15) is 0 Å². The Hall–Kier alpha value is -0.870. The van der Waals surface area contributed by atoms with Crippen LogP contribution < -0.4 is 5.73 Å². The first-order valence-electron chi connectivity index (χ1n) is 8.69. The van der Waals surface area contributed by atoms with Gasteiger partial charge in [-0.05, 0) is 45.2 Å². The minimum atomic E-state index is 0.227. The number of nitrogens with two attached hydrogens (primary N) is 1. The van der Waals surface area contributed by atoms with Crippen LogP contribution in [0.15, 0.2) is 6.07 Å². The number of aryl methyl sites for hydroxylation is 2. The Morgan fingerprint density at radius 1 is 1.29 bits per heavy atom. The van der Waals surface area contributed by atoms with E-state index in [1.807, 2.05) is 0 Å². The Morgan fingerprint density at radius 2 is 2.00 bits per heavy atom. The molecular formula is C17H32N4. The van der Waals surface area contributed by atoms with E-state index in [1.165, 1.54) is 43.5 Å². The van der Waals surface area contributed by atoms with Crippen molar-refractivity contribution in [2.24, 2.45) is 5.73 Å². The predicted molar refractivity (Wildman–Crippen MR) is 88.2 cm³/mol. The van der Waals surface area contributed by atoms with Crippen LogP contribution in [0.5, 0.6) is 0 Å². The molecule has 1 aliphatic rings. The second-order valence-electron chi connectivity index (χ2n) is 6.35. The molecule has 1 aromatic rings. The van der Waals surface area contributed by atoms with E-state index in [0.29, 0.717) is 0 Å². The van der Waals surface area contributed by atoms with Gasteiger partial charge >= 0.3 is 0 Å². The van der Waals surface area contributed by atoms with E-state index in [2.05, 4.69) is 36.4 Å². The summed E-state index contributed by atoms with van der Waals surface area (Å²) in [7, 11) is 0. The second-order valence-corrected chi connectivity index (χ2v) is 6.35. The zero-order valence-electron chi connectivity index (χ0n) is 14.1. The highest BCUT2D eigenvalue weighted by molar-refractivity contribution is 5.12. The lowest BCUT2D eigenvalue weighted by atomic mass is 9.94. The Bertz CT molecular complexity index is 432. The molecule has 1 aliphatic carbocycles. The molecule has 0 spiro atoms. The molecule has 1 saturated carbocycles. The van der Waals surface area contributed by atoms with Crippen LogP contribution in [0.4, 0.5) is 0 Å². The van der Waals surface area contributed by atoms with Crippen molar-refractivity contribution in [3.8, 4) is 0 Å². The number of hydrogen-bond acceptors (Lipinski definition) is 3. The molecule has 0 bridgehead atoms. The van der Waals surface area contributed by atoms with Crippen molar-refractivity contribution < 1.29 is 0 Å². The van der Waals surface area contributed by atoms with Gasteiger partial charge in [0, 0.05) is 25.2 Å². The topological polar surface area (TPSA) is 47.1 Å². The Labute approximate surface area is 129 Å². The minimum absolute atomic E-state index is 0.227. The van der Waals surface area contributed by atoms with E-state index < -0.39 is 0 Å². The quantitative estimate of drug-likeness (QED) is 0.801. The molecule has 21 heavy (non-hydrogen) atoms. The zero-order chi connectivity index (χ0) is 15.3. The third-order valence-corrected chi connectivity index (χ3v) is 5.01. The van der Waals surface area contributed by atoms with Gasteiger partial charge in [-0.2, -0.15) is 5.10 Å². The van der Waals surface area contributed by atoms with E-state index >= 15 is 0 Å². The molecule has 1 heterocycles. The van der Waals surface area contributed by atoms with Gasteiger partial charge in [-0.25, -0.2) is 0 Å². The summed E-state index contributed by atoms with van der Waals surface area (Å²) in [5.74, 6) is 0. The first kappa shape index (κ1) is 16.5. The third-order valence-electron chi connectivity index (χ3n) is 5.01. The second kappa shape index (κ2) is 7.41. The van der Waals surface area contributed by atoms with Crippen LogP contribution in [-0.2, 0) is 19.5 Å². The Kier molecular flexibility index (Phi) is 5.82. The molecule has 0 radical (unpaired) electrons. The standard InChI is InChI=1S/C17H32N4/c1-4-11-20(17(14-18)9-7-8-10-17)13-16-12-15(5-2)19-21(16)6-3/h12H,4-11,13-14,18H2,1-3H3. The number of aromatic nitrogens is 2. The molecule has 1 fully saturated rings. The molecule has 0 atom stereocenters. The largest absolute Gasteiger partial charge is 0.329 e. The minimum Gasteiger partial charge on any atom is -0.329 e. The average Bonchev–Trinajstić information content (AvgIpc) is 3.14. The average molecular weight is 292 g/mol. The van der Waals surface area contributed by atoms with E-state index in [1.54, 1.807) is 0 Å². The van der Waals surface area contributed by atoms with Crippen LogP contribution in [0.2, 0.25) is 0 Å². The Morgan fingerprint density at radius 3 is 2.52 bits per heavy atom.